The number of rotatable bonds is 4. The number of phenolic OH excluding ortho intramolecular Hbond substituents is 1. The van der Waals surface area contributed by atoms with Gasteiger partial charge in [-0.15, -0.1) is 0 Å². The van der Waals surface area contributed by atoms with Gasteiger partial charge in [-0.25, -0.2) is 4.39 Å². The Labute approximate surface area is 147 Å². The highest BCUT2D eigenvalue weighted by molar-refractivity contribution is 9.10. The number of hydrogen-bond acceptors (Lipinski definition) is 3. The monoisotopic (exact) mass is 395 g/mol. The predicted octanol–water partition coefficient (Wildman–Crippen LogP) is 3.68. The molecule has 2 rings (SSSR count). The second-order valence-electron chi connectivity index (χ2n) is 4.78. The molecule has 0 fully saturated rings. The van der Waals surface area contributed by atoms with Crippen LogP contribution in [0.5, 0.6) is 5.75 Å². The molecule has 7 heteroatoms. The summed E-state index contributed by atoms with van der Waals surface area (Å²) in [6.45, 7) is 2.22. The summed E-state index contributed by atoms with van der Waals surface area (Å²) < 4.78 is 13.7. The highest BCUT2D eigenvalue weighted by Gasteiger charge is 2.05. The number of nitrogens with zero attached hydrogens (tertiary/aromatic N) is 1. The topological polar surface area (TPSA) is 56.7 Å². The molecule has 0 heterocycles. The number of phenols is 1. The number of thiocarbonyl (C=S) groups is 1. The fourth-order valence-electron chi connectivity index (χ4n) is 1.82. The van der Waals surface area contributed by atoms with Gasteiger partial charge in [0.2, 0.25) is 0 Å². The Morgan fingerprint density at radius 3 is 2.65 bits per heavy atom. The van der Waals surface area contributed by atoms with E-state index in [0.29, 0.717) is 22.9 Å². The molecule has 0 bridgehead atoms. The van der Waals surface area contributed by atoms with Gasteiger partial charge in [0, 0.05) is 16.6 Å². The Balaban J connectivity index is 1.92. The van der Waals surface area contributed by atoms with Gasteiger partial charge >= 0.3 is 0 Å². The molecule has 0 saturated heterocycles. The molecule has 2 aromatic rings. The number of nitrogens with one attached hydrogen (secondary N) is 2. The lowest BCUT2D eigenvalue weighted by molar-refractivity contribution is 0.474. The molecule has 2 aromatic carbocycles. The average molecular weight is 396 g/mol. The number of aromatic hydroxyl groups is 1. The summed E-state index contributed by atoms with van der Waals surface area (Å²) in [6, 6.07) is 11.2. The lowest BCUT2D eigenvalue weighted by Gasteiger charge is -2.09. The molecule has 120 valence electrons. The van der Waals surface area contributed by atoms with E-state index >= 15 is 0 Å². The summed E-state index contributed by atoms with van der Waals surface area (Å²) in [5, 5.41) is 17.3. The van der Waals surface area contributed by atoms with Crippen molar-refractivity contribution >= 4 is 39.0 Å². The summed E-state index contributed by atoms with van der Waals surface area (Å²) in [5.41, 5.74) is 4.82. The third-order valence-corrected chi connectivity index (χ3v) is 3.77. The van der Waals surface area contributed by atoms with E-state index in [0.717, 1.165) is 10.0 Å². The standard InChI is InChI=1S/C16H15BrFN3OS/c1-10(14-8-12(17)4-7-15(14)22)20-21-16(23)19-9-11-2-5-13(18)6-3-11/h2-8,22H,9H2,1H3,(H2,19,21,23)/b20-10+. The quantitative estimate of drug-likeness (QED) is 0.419. The van der Waals surface area contributed by atoms with Crippen LogP contribution in [-0.2, 0) is 6.54 Å². The molecule has 0 spiro atoms. The third kappa shape index (κ3) is 5.30. The molecule has 0 aliphatic rings. The third-order valence-electron chi connectivity index (χ3n) is 3.04. The van der Waals surface area contributed by atoms with Gasteiger partial charge in [0.1, 0.15) is 11.6 Å². The van der Waals surface area contributed by atoms with E-state index in [-0.39, 0.29) is 11.6 Å². The molecule has 3 N–H and O–H groups in total. The van der Waals surface area contributed by atoms with E-state index in [1.54, 1.807) is 37.3 Å². The summed E-state index contributed by atoms with van der Waals surface area (Å²) in [5.74, 6) is -0.134. The van der Waals surface area contributed by atoms with Crippen molar-refractivity contribution < 1.29 is 9.50 Å². The molecule has 0 aromatic heterocycles. The van der Waals surface area contributed by atoms with Gasteiger partial charge in [0.15, 0.2) is 5.11 Å². The number of halogens is 2. The van der Waals surface area contributed by atoms with Gasteiger partial charge in [-0.1, -0.05) is 28.1 Å². The molecule has 4 nitrogen and oxygen atoms in total. The molecule has 0 radical (unpaired) electrons. The summed E-state index contributed by atoms with van der Waals surface area (Å²) in [4.78, 5) is 0. The largest absolute Gasteiger partial charge is 0.507 e. The highest BCUT2D eigenvalue weighted by atomic mass is 79.9. The van der Waals surface area contributed by atoms with Crippen LogP contribution < -0.4 is 10.7 Å². The van der Waals surface area contributed by atoms with E-state index < -0.39 is 0 Å². The van der Waals surface area contributed by atoms with Crippen molar-refractivity contribution in [2.75, 3.05) is 0 Å². The van der Waals surface area contributed by atoms with Crippen LogP contribution in [0.3, 0.4) is 0 Å². The summed E-state index contributed by atoms with van der Waals surface area (Å²) in [6.07, 6.45) is 0. The van der Waals surface area contributed by atoms with E-state index in [1.165, 1.54) is 12.1 Å². The van der Waals surface area contributed by atoms with Crippen LogP contribution in [-0.4, -0.2) is 15.9 Å². The first-order valence-corrected chi connectivity index (χ1v) is 7.97. The van der Waals surface area contributed by atoms with Crippen LogP contribution in [0.4, 0.5) is 4.39 Å². The average Bonchev–Trinajstić information content (AvgIpc) is 2.54. The van der Waals surface area contributed by atoms with Crippen molar-refractivity contribution in [3.05, 3.63) is 63.9 Å². The minimum Gasteiger partial charge on any atom is -0.507 e. The highest BCUT2D eigenvalue weighted by Crippen LogP contribution is 2.22. The number of hydrogen-bond donors (Lipinski definition) is 3. The first kappa shape index (κ1) is 17.4. The van der Waals surface area contributed by atoms with E-state index in [2.05, 4.69) is 31.8 Å². The predicted molar refractivity (Wildman–Crippen MR) is 97.0 cm³/mol. The molecule has 23 heavy (non-hydrogen) atoms. The van der Waals surface area contributed by atoms with Crippen molar-refractivity contribution in [1.29, 1.82) is 0 Å². The van der Waals surface area contributed by atoms with Gasteiger partial charge in [0.05, 0.1) is 5.71 Å². The fraction of sp³-hybridized carbons (Fsp3) is 0.125. The van der Waals surface area contributed by atoms with Crippen molar-refractivity contribution in [3.63, 3.8) is 0 Å². The number of benzene rings is 2. The smallest absolute Gasteiger partial charge is 0.187 e. The second kappa shape index (κ2) is 8.03. The van der Waals surface area contributed by atoms with Gasteiger partial charge in [0.25, 0.3) is 0 Å². The number of hydrazone groups is 1. The van der Waals surface area contributed by atoms with Crippen molar-refractivity contribution in [2.24, 2.45) is 5.10 Å². The van der Waals surface area contributed by atoms with Gasteiger partial charge in [-0.3, -0.25) is 5.43 Å². The van der Waals surface area contributed by atoms with Gasteiger partial charge < -0.3 is 10.4 Å². The maximum Gasteiger partial charge on any atom is 0.187 e. The lowest BCUT2D eigenvalue weighted by Crippen LogP contribution is -2.32. The van der Waals surface area contributed by atoms with E-state index in [1.807, 2.05) is 0 Å². The SMILES string of the molecule is C/C(=N\NC(=S)NCc1ccc(F)cc1)c1cc(Br)ccc1O. The molecule has 0 aliphatic heterocycles. The molecule has 0 atom stereocenters. The summed E-state index contributed by atoms with van der Waals surface area (Å²) >= 11 is 8.48. The first-order chi connectivity index (χ1) is 11.0. The molecular formula is C16H15BrFN3OS. The van der Waals surface area contributed by atoms with Crippen LogP contribution in [0, 0.1) is 5.82 Å². The normalized spacial score (nSPS) is 11.2. The molecule has 0 aliphatic carbocycles. The molecule has 0 unspecified atom stereocenters. The maximum absolute atomic E-state index is 12.8. The maximum atomic E-state index is 12.8. The molecule has 0 amide bonds. The van der Waals surface area contributed by atoms with Crippen molar-refractivity contribution in [2.45, 2.75) is 13.5 Å². The van der Waals surface area contributed by atoms with Crippen LogP contribution in [0.2, 0.25) is 0 Å². The lowest BCUT2D eigenvalue weighted by atomic mass is 10.1. The fourth-order valence-corrected chi connectivity index (χ4v) is 2.30. The van der Waals surface area contributed by atoms with Crippen molar-refractivity contribution in [3.8, 4) is 5.75 Å². The van der Waals surface area contributed by atoms with Gasteiger partial charge in [-0.2, -0.15) is 5.10 Å². The zero-order valence-electron chi connectivity index (χ0n) is 12.3. The first-order valence-electron chi connectivity index (χ1n) is 6.77. The zero-order chi connectivity index (χ0) is 16.8. The Kier molecular flexibility index (Phi) is 6.06. The molecular weight excluding hydrogens is 381 g/mol. The Morgan fingerprint density at radius 1 is 1.26 bits per heavy atom. The second-order valence-corrected chi connectivity index (χ2v) is 6.10. The minimum absolute atomic E-state index is 0.140. The molecule has 0 saturated carbocycles. The van der Waals surface area contributed by atoms with Crippen LogP contribution in [0.25, 0.3) is 0 Å². The minimum atomic E-state index is -0.275. The van der Waals surface area contributed by atoms with Crippen LogP contribution >= 0.6 is 28.1 Å². The van der Waals surface area contributed by atoms with E-state index in [4.69, 9.17) is 12.2 Å². The zero-order valence-corrected chi connectivity index (χ0v) is 14.7. The Hall–Kier alpha value is -1.99. The van der Waals surface area contributed by atoms with Crippen LogP contribution in [0.1, 0.15) is 18.1 Å². The van der Waals surface area contributed by atoms with E-state index in [9.17, 15) is 9.50 Å². The Morgan fingerprint density at radius 2 is 1.96 bits per heavy atom. The van der Waals surface area contributed by atoms with Gasteiger partial charge in [-0.05, 0) is 55.0 Å². The Bertz CT molecular complexity index is 735. The van der Waals surface area contributed by atoms with Crippen LogP contribution in [0.15, 0.2) is 52.0 Å². The summed E-state index contributed by atoms with van der Waals surface area (Å²) in [7, 11) is 0. The van der Waals surface area contributed by atoms with Crippen molar-refractivity contribution in [1.82, 2.24) is 10.7 Å².